The molecule has 0 atom stereocenters. The van der Waals surface area contributed by atoms with E-state index in [1.807, 2.05) is 31.2 Å². The van der Waals surface area contributed by atoms with Crippen molar-refractivity contribution in [2.45, 2.75) is 23.4 Å². The van der Waals surface area contributed by atoms with Crippen molar-refractivity contribution in [3.8, 4) is 0 Å². The molecule has 0 spiro atoms. The van der Waals surface area contributed by atoms with Gasteiger partial charge in [0.2, 0.25) is 0 Å². The third kappa shape index (κ3) is 4.55. The van der Waals surface area contributed by atoms with Crippen molar-refractivity contribution in [2.75, 3.05) is 11.9 Å². The third-order valence-corrected chi connectivity index (χ3v) is 3.26. The molecule has 0 fully saturated rings. The Morgan fingerprint density at radius 2 is 2.05 bits per heavy atom. The topological polar surface area (TPSA) is 66.9 Å². The molecule has 2 heterocycles. The fourth-order valence-corrected chi connectivity index (χ4v) is 2.25. The van der Waals surface area contributed by atoms with E-state index in [2.05, 4.69) is 20.6 Å². The number of carbonyl (C=O) groups excluding carboxylic acids is 1. The molecule has 0 bridgehead atoms. The summed E-state index contributed by atoms with van der Waals surface area (Å²) in [5, 5.41) is 7.20. The van der Waals surface area contributed by atoms with Crippen LogP contribution in [0.3, 0.4) is 0 Å². The van der Waals surface area contributed by atoms with Crippen LogP contribution in [0.15, 0.2) is 52.8 Å². The highest BCUT2D eigenvalue weighted by Crippen LogP contribution is 2.25. The number of hydrogen-bond acceptors (Lipinski definition) is 4. The van der Waals surface area contributed by atoms with Crippen molar-refractivity contribution in [3.05, 3.63) is 42.7 Å². The summed E-state index contributed by atoms with van der Waals surface area (Å²) in [5.41, 5.74) is 0.715. The smallest absolute Gasteiger partial charge is 0.319 e. The van der Waals surface area contributed by atoms with Crippen molar-refractivity contribution >= 4 is 23.5 Å². The highest BCUT2D eigenvalue weighted by atomic mass is 32.2. The molecule has 2 N–H and O–H groups in total. The molecule has 0 unspecified atom stereocenters. The molecule has 0 aliphatic carbocycles. The molecule has 0 radical (unpaired) electrons. The average molecular weight is 288 g/mol. The van der Waals surface area contributed by atoms with Crippen LogP contribution >= 0.6 is 11.8 Å². The van der Waals surface area contributed by atoms with E-state index in [1.165, 1.54) is 11.8 Å². The first-order valence-electron chi connectivity index (χ1n) is 6.37. The van der Waals surface area contributed by atoms with E-state index < -0.39 is 0 Å². The molecule has 2 aromatic rings. The Hall–Kier alpha value is -2.08. The molecule has 0 saturated carbocycles. The number of pyridine rings is 2. The molecule has 104 valence electrons. The normalized spacial score (nSPS) is 10.1. The second-order valence-corrected chi connectivity index (χ2v) is 5.07. The van der Waals surface area contributed by atoms with E-state index in [1.54, 1.807) is 18.5 Å². The van der Waals surface area contributed by atoms with Gasteiger partial charge in [-0.3, -0.25) is 0 Å². The van der Waals surface area contributed by atoms with Crippen molar-refractivity contribution in [1.29, 1.82) is 0 Å². The number of carbonyl (C=O) groups is 1. The SMILES string of the molecule is CCCNC(=O)Nc1ccnc(Sc2ccccn2)c1. The minimum absolute atomic E-state index is 0.202. The number of aromatic nitrogens is 2. The Bertz CT molecular complexity index is 562. The second-order valence-electron chi connectivity index (χ2n) is 4.03. The van der Waals surface area contributed by atoms with Gasteiger partial charge >= 0.3 is 6.03 Å². The predicted molar refractivity (Wildman–Crippen MR) is 79.9 cm³/mol. The van der Waals surface area contributed by atoms with E-state index in [4.69, 9.17) is 0 Å². The van der Waals surface area contributed by atoms with Gasteiger partial charge in [-0.2, -0.15) is 0 Å². The van der Waals surface area contributed by atoms with Gasteiger partial charge in [-0.1, -0.05) is 24.8 Å². The van der Waals surface area contributed by atoms with Gasteiger partial charge in [-0.15, -0.1) is 0 Å². The average Bonchev–Trinajstić information content (AvgIpc) is 2.46. The van der Waals surface area contributed by atoms with Gasteiger partial charge in [0.05, 0.1) is 0 Å². The number of anilines is 1. The van der Waals surface area contributed by atoms with Crippen LogP contribution in [0.25, 0.3) is 0 Å². The molecular weight excluding hydrogens is 272 g/mol. The summed E-state index contributed by atoms with van der Waals surface area (Å²) < 4.78 is 0. The van der Waals surface area contributed by atoms with Crippen LogP contribution in [0.5, 0.6) is 0 Å². The zero-order valence-corrected chi connectivity index (χ0v) is 12.0. The van der Waals surface area contributed by atoms with Crippen molar-refractivity contribution in [1.82, 2.24) is 15.3 Å². The van der Waals surface area contributed by atoms with Gasteiger partial charge in [-0.05, 0) is 30.7 Å². The number of nitrogens with one attached hydrogen (secondary N) is 2. The molecule has 2 amide bonds. The minimum Gasteiger partial charge on any atom is -0.338 e. The van der Waals surface area contributed by atoms with Gasteiger partial charge < -0.3 is 10.6 Å². The maximum atomic E-state index is 11.6. The number of rotatable bonds is 5. The summed E-state index contributed by atoms with van der Waals surface area (Å²) in [6.07, 6.45) is 4.31. The number of hydrogen-bond donors (Lipinski definition) is 2. The molecule has 0 aromatic carbocycles. The van der Waals surface area contributed by atoms with E-state index in [-0.39, 0.29) is 6.03 Å². The van der Waals surface area contributed by atoms with E-state index in [0.29, 0.717) is 12.2 Å². The van der Waals surface area contributed by atoms with Crippen LogP contribution in [0, 0.1) is 0 Å². The summed E-state index contributed by atoms with van der Waals surface area (Å²) >= 11 is 1.45. The highest BCUT2D eigenvalue weighted by molar-refractivity contribution is 7.99. The Balaban J connectivity index is 1.99. The maximum absolute atomic E-state index is 11.6. The van der Waals surface area contributed by atoms with Crippen molar-refractivity contribution in [2.24, 2.45) is 0 Å². The zero-order valence-electron chi connectivity index (χ0n) is 11.2. The predicted octanol–water partition coefficient (Wildman–Crippen LogP) is 3.16. The summed E-state index contributed by atoms with van der Waals surface area (Å²) in [6, 6.07) is 9.09. The van der Waals surface area contributed by atoms with E-state index >= 15 is 0 Å². The monoisotopic (exact) mass is 288 g/mol. The third-order valence-electron chi connectivity index (χ3n) is 2.38. The molecule has 0 aliphatic heterocycles. The molecule has 6 heteroatoms. The zero-order chi connectivity index (χ0) is 14.2. The van der Waals surface area contributed by atoms with Crippen LogP contribution in [0.1, 0.15) is 13.3 Å². The lowest BCUT2D eigenvalue weighted by Crippen LogP contribution is -2.29. The van der Waals surface area contributed by atoms with Gasteiger partial charge in [0.1, 0.15) is 10.1 Å². The molecule has 0 saturated heterocycles. The van der Waals surface area contributed by atoms with Crippen LogP contribution in [-0.2, 0) is 0 Å². The fourth-order valence-electron chi connectivity index (χ4n) is 1.47. The van der Waals surface area contributed by atoms with Gasteiger partial charge in [0, 0.05) is 24.6 Å². The fraction of sp³-hybridized carbons (Fsp3) is 0.214. The largest absolute Gasteiger partial charge is 0.338 e. The van der Waals surface area contributed by atoms with Crippen LogP contribution in [0.2, 0.25) is 0 Å². The van der Waals surface area contributed by atoms with Gasteiger partial charge in [0.15, 0.2) is 0 Å². The van der Waals surface area contributed by atoms with E-state index in [0.717, 1.165) is 16.5 Å². The number of urea groups is 1. The molecular formula is C14H16N4OS. The first-order valence-corrected chi connectivity index (χ1v) is 7.19. The Morgan fingerprint density at radius 1 is 1.20 bits per heavy atom. The molecule has 5 nitrogen and oxygen atoms in total. The molecule has 0 aliphatic rings. The molecule has 2 rings (SSSR count). The first-order chi connectivity index (χ1) is 9.78. The Kier molecular flexibility index (Phi) is 5.37. The Labute approximate surface area is 122 Å². The molecule has 20 heavy (non-hydrogen) atoms. The van der Waals surface area contributed by atoms with Crippen LogP contribution < -0.4 is 10.6 Å². The summed E-state index contributed by atoms with van der Waals surface area (Å²) in [4.78, 5) is 20.1. The standard InChI is InChI=1S/C14H16N4OS/c1-2-7-17-14(19)18-11-6-9-16-13(10-11)20-12-5-3-4-8-15-12/h3-6,8-10H,2,7H2,1H3,(H2,16,17,18,19). The lowest BCUT2D eigenvalue weighted by atomic mass is 10.4. The lowest BCUT2D eigenvalue weighted by molar-refractivity contribution is 0.252. The number of nitrogens with zero attached hydrogens (tertiary/aromatic N) is 2. The van der Waals surface area contributed by atoms with Crippen LogP contribution in [-0.4, -0.2) is 22.5 Å². The quantitative estimate of drug-likeness (QED) is 0.887. The van der Waals surface area contributed by atoms with E-state index in [9.17, 15) is 4.79 Å². The summed E-state index contributed by atoms with van der Waals surface area (Å²) in [7, 11) is 0. The lowest BCUT2D eigenvalue weighted by Gasteiger charge is -2.07. The second kappa shape index (κ2) is 7.49. The van der Waals surface area contributed by atoms with Crippen molar-refractivity contribution < 1.29 is 4.79 Å². The number of amides is 2. The maximum Gasteiger partial charge on any atom is 0.319 e. The summed E-state index contributed by atoms with van der Waals surface area (Å²) in [6.45, 7) is 2.67. The van der Waals surface area contributed by atoms with Crippen LogP contribution in [0.4, 0.5) is 10.5 Å². The Morgan fingerprint density at radius 3 is 2.80 bits per heavy atom. The van der Waals surface area contributed by atoms with Gasteiger partial charge in [-0.25, -0.2) is 14.8 Å². The summed E-state index contributed by atoms with van der Waals surface area (Å²) in [5.74, 6) is 0. The minimum atomic E-state index is -0.202. The highest BCUT2D eigenvalue weighted by Gasteiger charge is 2.04. The molecule has 2 aromatic heterocycles. The van der Waals surface area contributed by atoms with Gasteiger partial charge in [0.25, 0.3) is 0 Å². The van der Waals surface area contributed by atoms with Crippen molar-refractivity contribution in [3.63, 3.8) is 0 Å². The first kappa shape index (κ1) is 14.3.